The van der Waals surface area contributed by atoms with Crippen LogP contribution in [0, 0.1) is 5.82 Å². The van der Waals surface area contributed by atoms with Crippen LogP contribution in [0.15, 0.2) is 48.5 Å². The molecule has 0 fully saturated rings. The predicted octanol–water partition coefficient (Wildman–Crippen LogP) is 2.56. The maximum Gasteiger partial charge on any atom is 0.338 e. The number of benzene rings is 2. The molecule has 138 valence electrons. The summed E-state index contributed by atoms with van der Waals surface area (Å²) in [6, 6.07) is 11.0. The van der Waals surface area contributed by atoms with Gasteiger partial charge >= 0.3 is 5.97 Å². The van der Waals surface area contributed by atoms with Crippen LogP contribution in [-0.4, -0.2) is 32.7 Å². The Morgan fingerprint density at radius 3 is 2.46 bits per heavy atom. The molecule has 0 bridgehead atoms. The van der Waals surface area contributed by atoms with E-state index in [9.17, 15) is 22.4 Å². The van der Waals surface area contributed by atoms with Gasteiger partial charge in [-0.3, -0.25) is 4.79 Å². The maximum atomic E-state index is 12.8. The van der Waals surface area contributed by atoms with Gasteiger partial charge in [0, 0.05) is 5.69 Å². The lowest BCUT2D eigenvalue weighted by atomic mass is 10.1. The minimum Gasteiger partial charge on any atom is -0.462 e. The van der Waals surface area contributed by atoms with Crippen molar-refractivity contribution in [1.29, 1.82) is 0 Å². The van der Waals surface area contributed by atoms with Crippen molar-refractivity contribution >= 4 is 27.4 Å². The second kappa shape index (κ2) is 8.57. The third-order valence-corrected chi connectivity index (χ3v) is 4.78. The third-order valence-electron chi connectivity index (χ3n) is 3.30. The third kappa shape index (κ3) is 5.96. The van der Waals surface area contributed by atoms with Gasteiger partial charge in [-0.05, 0) is 48.9 Å². The Kier molecular flexibility index (Phi) is 6.46. The zero-order valence-electron chi connectivity index (χ0n) is 14.1. The number of carbonyl (C=O) groups is 2. The Labute approximate surface area is 150 Å². The van der Waals surface area contributed by atoms with Crippen LogP contribution in [0.4, 0.5) is 10.1 Å². The monoisotopic (exact) mass is 379 g/mol. The molecule has 0 saturated heterocycles. The van der Waals surface area contributed by atoms with Crippen molar-refractivity contribution in [2.24, 2.45) is 0 Å². The van der Waals surface area contributed by atoms with Crippen LogP contribution in [0.3, 0.4) is 0 Å². The van der Waals surface area contributed by atoms with E-state index < -0.39 is 39.0 Å². The highest BCUT2D eigenvalue weighted by atomic mass is 32.2. The number of nitrogens with one attached hydrogen (secondary N) is 1. The van der Waals surface area contributed by atoms with E-state index >= 15 is 0 Å². The van der Waals surface area contributed by atoms with Gasteiger partial charge in [-0.15, -0.1) is 0 Å². The topological polar surface area (TPSA) is 89.5 Å². The molecule has 2 aromatic carbocycles. The van der Waals surface area contributed by atoms with E-state index in [0.717, 1.165) is 12.1 Å². The summed E-state index contributed by atoms with van der Waals surface area (Å²) in [6.45, 7) is 1.89. The molecular formula is C18H18FNO5S. The highest BCUT2D eigenvalue weighted by molar-refractivity contribution is 7.91. The van der Waals surface area contributed by atoms with Crippen molar-refractivity contribution in [2.75, 3.05) is 17.7 Å². The number of ether oxygens (including phenoxy) is 1. The van der Waals surface area contributed by atoms with Crippen LogP contribution < -0.4 is 5.32 Å². The highest BCUT2D eigenvalue weighted by Gasteiger charge is 2.18. The molecule has 6 nitrogen and oxygen atoms in total. The minimum atomic E-state index is -3.76. The second-order valence-corrected chi connectivity index (χ2v) is 7.57. The molecule has 2 aromatic rings. The number of amides is 1. The Bertz CT molecular complexity index is 894. The Morgan fingerprint density at radius 1 is 1.12 bits per heavy atom. The first kappa shape index (κ1) is 19.6. The van der Waals surface area contributed by atoms with Gasteiger partial charge in [0.25, 0.3) is 0 Å². The van der Waals surface area contributed by atoms with Crippen molar-refractivity contribution in [3.05, 3.63) is 65.5 Å². The van der Waals surface area contributed by atoms with Crippen LogP contribution in [-0.2, 0) is 25.1 Å². The maximum absolute atomic E-state index is 12.8. The number of hydrogen-bond donors (Lipinski definition) is 1. The van der Waals surface area contributed by atoms with Crippen molar-refractivity contribution in [3.8, 4) is 0 Å². The van der Waals surface area contributed by atoms with Gasteiger partial charge in [0.1, 0.15) is 11.6 Å². The molecule has 0 aromatic heterocycles. The van der Waals surface area contributed by atoms with Gasteiger partial charge in [0.05, 0.1) is 17.9 Å². The Morgan fingerprint density at radius 2 is 1.81 bits per heavy atom. The smallest absolute Gasteiger partial charge is 0.338 e. The van der Waals surface area contributed by atoms with E-state index in [0.29, 0.717) is 11.3 Å². The first-order valence-electron chi connectivity index (χ1n) is 7.81. The molecular weight excluding hydrogens is 361 g/mol. The molecule has 0 saturated carbocycles. The first-order chi connectivity index (χ1) is 12.3. The average Bonchev–Trinajstić information content (AvgIpc) is 2.56. The van der Waals surface area contributed by atoms with Crippen molar-refractivity contribution in [1.82, 2.24) is 0 Å². The minimum absolute atomic E-state index is 0.213. The van der Waals surface area contributed by atoms with E-state index in [1.165, 1.54) is 24.3 Å². The molecule has 1 N–H and O–H groups in total. The van der Waals surface area contributed by atoms with Gasteiger partial charge in [0.2, 0.25) is 5.91 Å². The molecule has 1 amide bonds. The van der Waals surface area contributed by atoms with Gasteiger partial charge in [0.15, 0.2) is 9.84 Å². The Balaban J connectivity index is 2.01. The van der Waals surface area contributed by atoms with E-state index in [1.54, 1.807) is 19.1 Å². The summed E-state index contributed by atoms with van der Waals surface area (Å²) in [5.74, 6) is -2.85. The quantitative estimate of drug-likeness (QED) is 0.747. The summed E-state index contributed by atoms with van der Waals surface area (Å²) in [5, 5.41) is 2.40. The van der Waals surface area contributed by atoms with Gasteiger partial charge < -0.3 is 10.1 Å². The SMILES string of the molecule is CCOC(=O)c1cccc(CS(=O)(=O)CC(=O)Nc2ccc(F)cc2)c1. The van der Waals surface area contributed by atoms with Crippen molar-refractivity contribution in [2.45, 2.75) is 12.7 Å². The van der Waals surface area contributed by atoms with E-state index in [4.69, 9.17) is 4.74 Å². The fourth-order valence-corrected chi connectivity index (χ4v) is 3.50. The number of sulfone groups is 1. The van der Waals surface area contributed by atoms with E-state index in [-0.39, 0.29) is 12.2 Å². The molecule has 8 heteroatoms. The number of rotatable bonds is 7. The normalized spacial score (nSPS) is 11.0. The van der Waals surface area contributed by atoms with Crippen LogP contribution in [0.1, 0.15) is 22.8 Å². The number of esters is 1. The molecule has 0 aliphatic carbocycles. The van der Waals surface area contributed by atoms with Crippen LogP contribution in [0.5, 0.6) is 0 Å². The molecule has 2 rings (SSSR count). The zero-order valence-corrected chi connectivity index (χ0v) is 14.9. The molecule has 0 radical (unpaired) electrons. The first-order valence-corrected chi connectivity index (χ1v) is 9.63. The Hall–Kier alpha value is -2.74. The summed E-state index contributed by atoms with van der Waals surface area (Å²) in [4.78, 5) is 23.6. The lowest BCUT2D eigenvalue weighted by Gasteiger charge is -2.08. The van der Waals surface area contributed by atoms with Gasteiger partial charge in [-0.25, -0.2) is 17.6 Å². The molecule has 0 aliphatic rings. The molecule has 0 unspecified atom stereocenters. The number of carbonyl (C=O) groups excluding carboxylic acids is 2. The van der Waals surface area contributed by atoms with Gasteiger partial charge in [-0.1, -0.05) is 12.1 Å². The van der Waals surface area contributed by atoms with Crippen molar-refractivity contribution < 1.29 is 27.1 Å². The number of anilines is 1. The van der Waals surface area contributed by atoms with Crippen LogP contribution in [0.25, 0.3) is 0 Å². The zero-order chi connectivity index (χ0) is 19.2. The summed E-state index contributed by atoms with van der Waals surface area (Å²) in [7, 11) is -3.76. The van der Waals surface area contributed by atoms with Crippen LogP contribution >= 0.6 is 0 Å². The largest absolute Gasteiger partial charge is 0.462 e. The fraction of sp³-hybridized carbons (Fsp3) is 0.222. The summed E-state index contributed by atoms with van der Waals surface area (Å²) in [5.41, 5.74) is 0.927. The predicted molar refractivity (Wildman–Crippen MR) is 94.9 cm³/mol. The summed E-state index contributed by atoms with van der Waals surface area (Å²) >= 11 is 0. The molecule has 0 atom stereocenters. The molecule has 0 spiro atoms. The number of halogens is 1. The molecule has 0 aliphatic heterocycles. The fourth-order valence-electron chi connectivity index (χ4n) is 2.24. The summed E-state index contributed by atoms with van der Waals surface area (Å²) < 4.78 is 42.2. The van der Waals surface area contributed by atoms with Crippen molar-refractivity contribution in [3.63, 3.8) is 0 Å². The van der Waals surface area contributed by atoms with Gasteiger partial charge in [-0.2, -0.15) is 0 Å². The lowest BCUT2D eigenvalue weighted by molar-refractivity contribution is -0.113. The standard InChI is InChI=1S/C18H18FNO5S/c1-2-25-18(22)14-5-3-4-13(10-14)11-26(23,24)12-17(21)20-16-8-6-15(19)7-9-16/h3-10H,2,11-12H2,1H3,(H,20,21). The lowest BCUT2D eigenvalue weighted by Crippen LogP contribution is -2.24. The number of hydrogen-bond acceptors (Lipinski definition) is 5. The molecule has 26 heavy (non-hydrogen) atoms. The van der Waals surface area contributed by atoms with Crippen LogP contribution in [0.2, 0.25) is 0 Å². The second-order valence-electron chi connectivity index (χ2n) is 5.51. The average molecular weight is 379 g/mol. The van der Waals surface area contributed by atoms with E-state index in [2.05, 4.69) is 5.32 Å². The highest BCUT2D eigenvalue weighted by Crippen LogP contribution is 2.12. The molecule has 0 heterocycles. The van der Waals surface area contributed by atoms with E-state index in [1.807, 2.05) is 0 Å². The summed E-state index contributed by atoms with van der Waals surface area (Å²) in [6.07, 6.45) is 0.